The van der Waals surface area contributed by atoms with Crippen LogP contribution in [0.25, 0.3) is 0 Å². The molecule has 0 spiro atoms. The number of anilines is 3. The van der Waals surface area contributed by atoms with E-state index in [9.17, 15) is 0 Å². The summed E-state index contributed by atoms with van der Waals surface area (Å²) in [5.41, 5.74) is 2.49. The van der Waals surface area contributed by atoms with Crippen molar-refractivity contribution in [3.8, 4) is 5.75 Å². The zero-order chi connectivity index (χ0) is 16.6. The molecule has 0 saturated carbocycles. The van der Waals surface area contributed by atoms with E-state index in [1.54, 1.807) is 18.9 Å². The number of allylic oxidation sites excluding steroid dienone is 1. The lowest BCUT2D eigenvalue weighted by molar-refractivity contribution is 0.415. The van der Waals surface area contributed by atoms with E-state index in [4.69, 9.17) is 4.74 Å². The van der Waals surface area contributed by atoms with Gasteiger partial charge in [-0.3, -0.25) is 0 Å². The fourth-order valence-electron chi connectivity index (χ4n) is 2.83. The number of hydrogen-bond acceptors (Lipinski definition) is 5. The van der Waals surface area contributed by atoms with E-state index < -0.39 is 0 Å². The number of hydrogen-bond donors (Lipinski definition) is 2. The highest BCUT2D eigenvalue weighted by atomic mass is 16.5. The number of nitrogens with one attached hydrogen (secondary N) is 2. The number of aromatic nitrogens is 2. The van der Waals surface area contributed by atoms with Crippen LogP contribution in [0.15, 0.2) is 48.2 Å². The van der Waals surface area contributed by atoms with Crippen molar-refractivity contribution in [1.29, 1.82) is 0 Å². The van der Waals surface area contributed by atoms with Crippen molar-refractivity contribution in [2.24, 2.45) is 0 Å². The molecule has 1 heterocycles. The van der Waals surface area contributed by atoms with Gasteiger partial charge >= 0.3 is 0 Å². The van der Waals surface area contributed by atoms with Gasteiger partial charge in [-0.15, -0.1) is 0 Å². The third kappa shape index (κ3) is 4.72. The Morgan fingerprint density at radius 2 is 2.17 bits per heavy atom. The Kier molecular flexibility index (Phi) is 5.66. The molecule has 0 fully saturated rings. The summed E-state index contributed by atoms with van der Waals surface area (Å²) < 4.78 is 5.24. The molecule has 1 aromatic carbocycles. The Hall–Kier alpha value is -2.56. The summed E-state index contributed by atoms with van der Waals surface area (Å²) >= 11 is 0. The number of rotatable bonds is 7. The second-order valence-electron chi connectivity index (χ2n) is 5.91. The normalized spacial score (nSPS) is 14.0. The van der Waals surface area contributed by atoms with Crippen LogP contribution in [0.4, 0.5) is 17.5 Å². The Morgan fingerprint density at radius 1 is 1.21 bits per heavy atom. The minimum absolute atomic E-state index is 0.652. The number of ether oxygens (including phenoxy) is 1. The Bertz CT molecular complexity index is 699. The van der Waals surface area contributed by atoms with Crippen LogP contribution in [0.3, 0.4) is 0 Å². The molecule has 0 saturated heterocycles. The highest BCUT2D eigenvalue weighted by Gasteiger charge is 2.04. The summed E-state index contributed by atoms with van der Waals surface area (Å²) in [5, 5.41) is 6.59. The summed E-state index contributed by atoms with van der Waals surface area (Å²) in [7, 11) is 1.66. The quantitative estimate of drug-likeness (QED) is 0.733. The molecule has 2 N–H and O–H groups in total. The van der Waals surface area contributed by atoms with E-state index in [2.05, 4.69) is 26.7 Å². The Balaban J connectivity index is 1.56. The molecule has 5 nitrogen and oxygen atoms in total. The summed E-state index contributed by atoms with van der Waals surface area (Å²) in [5.74, 6) is 2.23. The van der Waals surface area contributed by atoms with Gasteiger partial charge in [0, 0.05) is 24.5 Å². The molecule has 24 heavy (non-hydrogen) atoms. The van der Waals surface area contributed by atoms with E-state index in [1.165, 1.54) is 25.7 Å². The summed E-state index contributed by atoms with van der Waals surface area (Å²) in [6, 6.07) is 9.63. The molecule has 0 radical (unpaired) electrons. The lowest BCUT2D eigenvalue weighted by atomic mass is 9.97. The van der Waals surface area contributed by atoms with Gasteiger partial charge in [-0.1, -0.05) is 17.7 Å². The first-order chi connectivity index (χ1) is 11.8. The van der Waals surface area contributed by atoms with Gasteiger partial charge in [0.15, 0.2) is 0 Å². The predicted octanol–water partition coefficient (Wildman–Crippen LogP) is 4.53. The molecule has 126 valence electrons. The van der Waals surface area contributed by atoms with Crippen molar-refractivity contribution in [2.75, 3.05) is 24.3 Å². The topological polar surface area (TPSA) is 59.1 Å². The molecule has 5 heteroatoms. The van der Waals surface area contributed by atoms with Gasteiger partial charge in [0.25, 0.3) is 0 Å². The fraction of sp³-hybridized carbons (Fsp3) is 0.368. The number of methoxy groups -OCH3 is 1. The molecule has 0 bridgehead atoms. The molecule has 0 unspecified atom stereocenters. The van der Waals surface area contributed by atoms with Gasteiger partial charge in [0.05, 0.1) is 7.11 Å². The van der Waals surface area contributed by atoms with Crippen molar-refractivity contribution in [3.63, 3.8) is 0 Å². The van der Waals surface area contributed by atoms with Crippen molar-refractivity contribution in [2.45, 2.75) is 32.1 Å². The number of benzene rings is 1. The summed E-state index contributed by atoms with van der Waals surface area (Å²) in [6.45, 7) is 0.869. The SMILES string of the molecule is COc1cccc(Nc2ccnc(NCCC3=CCCCC3)n2)c1. The average molecular weight is 324 g/mol. The second kappa shape index (κ2) is 8.34. The predicted molar refractivity (Wildman–Crippen MR) is 98.0 cm³/mol. The first kappa shape index (κ1) is 16.3. The third-order valence-corrected chi connectivity index (χ3v) is 4.11. The Morgan fingerprint density at radius 3 is 3.00 bits per heavy atom. The maximum absolute atomic E-state index is 5.24. The average Bonchev–Trinajstić information content (AvgIpc) is 2.63. The van der Waals surface area contributed by atoms with Crippen LogP contribution in [0.5, 0.6) is 5.75 Å². The van der Waals surface area contributed by atoms with Crippen molar-refractivity contribution >= 4 is 17.5 Å². The largest absolute Gasteiger partial charge is 0.497 e. The van der Waals surface area contributed by atoms with Crippen LogP contribution in [0, 0.1) is 0 Å². The zero-order valence-corrected chi connectivity index (χ0v) is 14.1. The van der Waals surface area contributed by atoms with Gasteiger partial charge < -0.3 is 15.4 Å². The van der Waals surface area contributed by atoms with E-state index in [-0.39, 0.29) is 0 Å². The van der Waals surface area contributed by atoms with Gasteiger partial charge in [-0.05, 0) is 50.3 Å². The maximum atomic E-state index is 5.24. The van der Waals surface area contributed by atoms with E-state index in [1.807, 2.05) is 30.3 Å². The lowest BCUT2D eigenvalue weighted by Gasteiger charge is -2.13. The van der Waals surface area contributed by atoms with Crippen molar-refractivity contribution < 1.29 is 4.74 Å². The van der Waals surface area contributed by atoms with Crippen molar-refractivity contribution in [1.82, 2.24) is 9.97 Å². The minimum Gasteiger partial charge on any atom is -0.497 e. The van der Waals surface area contributed by atoms with Gasteiger partial charge in [-0.2, -0.15) is 4.98 Å². The zero-order valence-electron chi connectivity index (χ0n) is 14.1. The lowest BCUT2D eigenvalue weighted by Crippen LogP contribution is -2.08. The van der Waals surface area contributed by atoms with Gasteiger partial charge in [-0.25, -0.2) is 4.98 Å². The van der Waals surface area contributed by atoms with Crippen LogP contribution in [-0.2, 0) is 0 Å². The van der Waals surface area contributed by atoms with Gasteiger partial charge in [0.1, 0.15) is 11.6 Å². The fourth-order valence-corrected chi connectivity index (χ4v) is 2.83. The molecule has 2 aromatic rings. The third-order valence-electron chi connectivity index (χ3n) is 4.11. The molecule has 0 atom stereocenters. The summed E-state index contributed by atoms with van der Waals surface area (Å²) in [6.07, 6.45) is 10.3. The van der Waals surface area contributed by atoms with Crippen LogP contribution in [-0.4, -0.2) is 23.6 Å². The van der Waals surface area contributed by atoms with Crippen LogP contribution >= 0.6 is 0 Å². The van der Waals surface area contributed by atoms with E-state index in [0.717, 1.165) is 30.2 Å². The first-order valence-corrected chi connectivity index (χ1v) is 8.49. The molecule has 1 aliphatic rings. The highest BCUT2D eigenvalue weighted by Crippen LogP contribution is 2.21. The van der Waals surface area contributed by atoms with Crippen molar-refractivity contribution in [3.05, 3.63) is 48.2 Å². The van der Waals surface area contributed by atoms with E-state index >= 15 is 0 Å². The van der Waals surface area contributed by atoms with Gasteiger partial charge in [0.2, 0.25) is 5.95 Å². The maximum Gasteiger partial charge on any atom is 0.224 e. The number of nitrogens with zero attached hydrogens (tertiary/aromatic N) is 2. The van der Waals surface area contributed by atoms with Crippen LogP contribution in [0.2, 0.25) is 0 Å². The first-order valence-electron chi connectivity index (χ1n) is 8.49. The molecule has 1 aromatic heterocycles. The standard InChI is InChI=1S/C19H24N4O/c1-24-17-9-5-8-16(14-17)22-18-11-13-21-19(23-18)20-12-10-15-6-3-2-4-7-15/h5-6,8-9,11,13-14H,2-4,7,10,12H2,1H3,(H2,20,21,22,23). The van der Waals surface area contributed by atoms with Crippen LogP contribution in [0.1, 0.15) is 32.1 Å². The molecule has 1 aliphatic carbocycles. The smallest absolute Gasteiger partial charge is 0.224 e. The van der Waals surface area contributed by atoms with E-state index in [0.29, 0.717) is 5.95 Å². The van der Waals surface area contributed by atoms with Crippen LogP contribution < -0.4 is 15.4 Å². The molecule has 0 aliphatic heterocycles. The molecule has 3 rings (SSSR count). The summed E-state index contributed by atoms with van der Waals surface area (Å²) in [4.78, 5) is 8.80. The highest BCUT2D eigenvalue weighted by molar-refractivity contribution is 5.58. The molecular formula is C19H24N4O. The Labute approximate surface area is 143 Å². The minimum atomic E-state index is 0.652. The molecular weight excluding hydrogens is 300 g/mol. The molecule has 0 amide bonds. The second-order valence-corrected chi connectivity index (χ2v) is 5.91. The monoisotopic (exact) mass is 324 g/mol.